The maximum Gasteiger partial charge on any atom is 0.196 e. The SMILES string of the molecule is COC(C(=O)c1ccccc1)c1ccccc1.O=C1c2ccccc2C(=O)c2ccccc21. The molecular formula is C29H22O4. The molecule has 4 aromatic carbocycles. The van der Waals surface area contributed by atoms with Crippen LogP contribution in [0.4, 0.5) is 0 Å². The van der Waals surface area contributed by atoms with Gasteiger partial charge in [0, 0.05) is 34.9 Å². The second kappa shape index (κ2) is 9.98. The Hall–Kier alpha value is -4.15. The summed E-state index contributed by atoms with van der Waals surface area (Å²) in [5, 5.41) is 0. The topological polar surface area (TPSA) is 60.4 Å². The van der Waals surface area contributed by atoms with Gasteiger partial charge in [-0.2, -0.15) is 0 Å². The van der Waals surface area contributed by atoms with E-state index in [1.54, 1.807) is 67.8 Å². The van der Waals surface area contributed by atoms with E-state index in [2.05, 4.69) is 0 Å². The van der Waals surface area contributed by atoms with Crippen molar-refractivity contribution >= 4 is 17.3 Å². The minimum atomic E-state index is -0.529. The smallest absolute Gasteiger partial charge is 0.196 e. The first-order valence-corrected chi connectivity index (χ1v) is 10.6. The summed E-state index contributed by atoms with van der Waals surface area (Å²) < 4.78 is 5.30. The van der Waals surface area contributed by atoms with E-state index in [9.17, 15) is 14.4 Å². The van der Waals surface area contributed by atoms with Crippen molar-refractivity contribution in [3.05, 3.63) is 143 Å². The van der Waals surface area contributed by atoms with E-state index >= 15 is 0 Å². The molecule has 0 fully saturated rings. The summed E-state index contributed by atoms with van der Waals surface area (Å²) in [6.45, 7) is 0. The average Bonchev–Trinajstić information content (AvgIpc) is 2.89. The van der Waals surface area contributed by atoms with Gasteiger partial charge in [0.05, 0.1) is 0 Å². The van der Waals surface area contributed by atoms with Crippen LogP contribution in [0, 0.1) is 0 Å². The molecule has 0 bridgehead atoms. The molecule has 0 aliphatic heterocycles. The van der Waals surface area contributed by atoms with Crippen molar-refractivity contribution in [3.8, 4) is 0 Å². The van der Waals surface area contributed by atoms with Gasteiger partial charge in [0.2, 0.25) is 0 Å². The van der Waals surface area contributed by atoms with Crippen molar-refractivity contribution in [1.29, 1.82) is 0 Å². The van der Waals surface area contributed by atoms with Crippen LogP contribution < -0.4 is 0 Å². The Balaban J connectivity index is 0.000000157. The van der Waals surface area contributed by atoms with Crippen LogP contribution in [0.15, 0.2) is 109 Å². The summed E-state index contributed by atoms with van der Waals surface area (Å²) in [4.78, 5) is 36.5. The first kappa shape index (κ1) is 22.1. The molecule has 0 heterocycles. The number of carbonyl (C=O) groups is 3. The van der Waals surface area contributed by atoms with E-state index in [-0.39, 0.29) is 17.3 Å². The number of fused-ring (bicyclic) bond motifs is 2. The lowest BCUT2D eigenvalue weighted by Gasteiger charge is -2.16. The van der Waals surface area contributed by atoms with Gasteiger partial charge in [0.15, 0.2) is 17.3 Å². The Morgan fingerprint density at radius 3 is 1.33 bits per heavy atom. The Morgan fingerprint density at radius 2 is 0.939 bits per heavy atom. The number of benzene rings is 4. The van der Waals surface area contributed by atoms with Crippen LogP contribution in [0.2, 0.25) is 0 Å². The molecule has 5 rings (SSSR count). The average molecular weight is 434 g/mol. The highest BCUT2D eigenvalue weighted by Crippen LogP contribution is 2.26. The molecule has 0 aromatic heterocycles. The van der Waals surface area contributed by atoms with Gasteiger partial charge in [-0.05, 0) is 5.56 Å². The van der Waals surface area contributed by atoms with Gasteiger partial charge in [-0.3, -0.25) is 14.4 Å². The second-order valence-electron chi connectivity index (χ2n) is 7.51. The zero-order valence-corrected chi connectivity index (χ0v) is 18.1. The lowest BCUT2D eigenvalue weighted by Crippen LogP contribution is -2.20. The summed E-state index contributed by atoms with van der Waals surface area (Å²) in [5.74, 6) is -0.143. The summed E-state index contributed by atoms with van der Waals surface area (Å²) >= 11 is 0. The van der Waals surface area contributed by atoms with E-state index in [0.717, 1.165) is 5.56 Å². The molecule has 4 heteroatoms. The van der Waals surface area contributed by atoms with Crippen LogP contribution in [0.3, 0.4) is 0 Å². The van der Waals surface area contributed by atoms with Crippen LogP contribution in [0.5, 0.6) is 0 Å². The molecule has 1 atom stereocenters. The number of rotatable bonds is 4. The Morgan fingerprint density at radius 1 is 0.576 bits per heavy atom. The van der Waals surface area contributed by atoms with E-state index in [1.165, 1.54) is 0 Å². The quantitative estimate of drug-likeness (QED) is 0.340. The number of methoxy groups -OCH3 is 1. The third-order valence-corrected chi connectivity index (χ3v) is 5.47. The van der Waals surface area contributed by atoms with Gasteiger partial charge in [0.25, 0.3) is 0 Å². The van der Waals surface area contributed by atoms with E-state index in [4.69, 9.17) is 4.74 Å². The summed E-state index contributed by atoms with van der Waals surface area (Å²) in [6.07, 6.45) is -0.529. The first-order valence-electron chi connectivity index (χ1n) is 10.6. The maximum absolute atomic E-state index is 12.3. The minimum Gasteiger partial charge on any atom is -0.369 e. The summed E-state index contributed by atoms with van der Waals surface area (Å²) in [7, 11) is 1.55. The highest BCUT2D eigenvalue weighted by Gasteiger charge is 2.28. The van der Waals surface area contributed by atoms with Gasteiger partial charge in [-0.1, -0.05) is 109 Å². The predicted octanol–water partition coefficient (Wildman–Crippen LogP) is 5.72. The zero-order chi connectivity index (χ0) is 23.2. The fourth-order valence-corrected chi connectivity index (χ4v) is 3.82. The van der Waals surface area contributed by atoms with Crippen molar-refractivity contribution in [2.75, 3.05) is 7.11 Å². The normalized spacial score (nSPS) is 12.6. The van der Waals surface area contributed by atoms with Crippen molar-refractivity contribution in [2.45, 2.75) is 6.10 Å². The molecule has 1 aliphatic rings. The summed E-state index contributed by atoms with van der Waals surface area (Å²) in [6, 6.07) is 32.6. The Labute approximate surface area is 192 Å². The van der Waals surface area contributed by atoms with Crippen LogP contribution in [0.25, 0.3) is 0 Å². The number of hydrogen-bond acceptors (Lipinski definition) is 4. The fourth-order valence-electron chi connectivity index (χ4n) is 3.82. The second-order valence-corrected chi connectivity index (χ2v) is 7.51. The molecule has 1 unspecified atom stereocenters. The molecule has 0 N–H and O–H groups in total. The number of ether oxygens (including phenoxy) is 1. The maximum atomic E-state index is 12.3. The molecular weight excluding hydrogens is 412 g/mol. The lowest BCUT2D eigenvalue weighted by molar-refractivity contribution is 0.0604. The molecule has 0 saturated carbocycles. The molecule has 162 valence electrons. The van der Waals surface area contributed by atoms with Crippen molar-refractivity contribution < 1.29 is 19.1 Å². The van der Waals surface area contributed by atoms with Gasteiger partial charge in [-0.15, -0.1) is 0 Å². The summed E-state index contributed by atoms with van der Waals surface area (Å²) in [5.41, 5.74) is 3.57. The van der Waals surface area contributed by atoms with Crippen molar-refractivity contribution in [3.63, 3.8) is 0 Å². The highest BCUT2D eigenvalue weighted by atomic mass is 16.5. The number of Topliss-reactive ketones (excluding diaryl/α,β-unsaturated/α-hetero) is 1. The zero-order valence-electron chi connectivity index (χ0n) is 18.1. The highest BCUT2D eigenvalue weighted by molar-refractivity contribution is 6.28. The molecule has 33 heavy (non-hydrogen) atoms. The van der Waals surface area contributed by atoms with Crippen LogP contribution in [-0.2, 0) is 4.74 Å². The van der Waals surface area contributed by atoms with Crippen LogP contribution >= 0.6 is 0 Å². The molecule has 0 radical (unpaired) electrons. The molecule has 1 aliphatic carbocycles. The molecule has 0 saturated heterocycles. The minimum absolute atomic E-state index is 0.0145. The first-order chi connectivity index (χ1) is 16.1. The molecule has 4 nitrogen and oxygen atoms in total. The predicted molar refractivity (Wildman–Crippen MR) is 127 cm³/mol. The number of hydrogen-bond donors (Lipinski definition) is 0. The molecule has 0 amide bonds. The number of ketones is 3. The fraction of sp³-hybridized carbons (Fsp3) is 0.0690. The Kier molecular flexibility index (Phi) is 6.67. The van der Waals surface area contributed by atoms with Crippen LogP contribution in [0.1, 0.15) is 53.9 Å². The largest absolute Gasteiger partial charge is 0.369 e. The third kappa shape index (κ3) is 4.56. The third-order valence-electron chi connectivity index (χ3n) is 5.47. The van der Waals surface area contributed by atoms with E-state index in [0.29, 0.717) is 27.8 Å². The monoisotopic (exact) mass is 434 g/mol. The lowest BCUT2D eigenvalue weighted by atomic mass is 9.84. The standard InChI is InChI=1S/C15H14O2.C14H8O2/c1-17-15(13-10-6-3-7-11-13)14(16)12-8-4-2-5-9-12;15-13-9-5-1-2-6-10(9)14(16)12-8-4-3-7-11(12)13/h2-11,15H,1H3;1-8H. The van der Waals surface area contributed by atoms with E-state index < -0.39 is 6.10 Å². The molecule has 4 aromatic rings. The van der Waals surface area contributed by atoms with Crippen LogP contribution in [-0.4, -0.2) is 24.5 Å². The molecule has 0 spiro atoms. The van der Waals surface area contributed by atoms with Gasteiger partial charge >= 0.3 is 0 Å². The van der Waals surface area contributed by atoms with Gasteiger partial charge in [0.1, 0.15) is 6.10 Å². The van der Waals surface area contributed by atoms with Gasteiger partial charge in [-0.25, -0.2) is 0 Å². The Bertz CT molecular complexity index is 1190. The van der Waals surface area contributed by atoms with E-state index in [1.807, 2.05) is 48.5 Å². The van der Waals surface area contributed by atoms with Gasteiger partial charge < -0.3 is 4.74 Å². The van der Waals surface area contributed by atoms with Crippen molar-refractivity contribution in [2.24, 2.45) is 0 Å². The van der Waals surface area contributed by atoms with Crippen molar-refractivity contribution in [1.82, 2.24) is 0 Å². The number of carbonyl (C=O) groups excluding carboxylic acids is 3.